The molecule has 0 N–H and O–H groups in total. The topological polar surface area (TPSA) is 12.9 Å². The summed E-state index contributed by atoms with van der Waals surface area (Å²) in [6, 6.07) is 5.81. The van der Waals surface area contributed by atoms with Crippen molar-refractivity contribution in [2.45, 2.75) is 13.3 Å². The fourth-order valence-electron chi connectivity index (χ4n) is 1.10. The van der Waals surface area contributed by atoms with Crippen LogP contribution in [0.2, 0.25) is 5.02 Å². The Hall–Kier alpha value is -0.600. The molecule has 0 aliphatic carbocycles. The minimum Gasteiger partial charge on any atom is -0.241 e. The smallest absolute Gasteiger partial charge is 0.0935 e. The van der Waals surface area contributed by atoms with E-state index in [4.69, 9.17) is 11.6 Å². The van der Waals surface area contributed by atoms with Gasteiger partial charge in [-0.3, -0.25) is 0 Å². The second kappa shape index (κ2) is 3.04. The fourth-order valence-corrected chi connectivity index (χ4v) is 2.28. The van der Waals surface area contributed by atoms with Crippen LogP contribution in [-0.2, 0) is 6.42 Å². The average molecular weight is 198 g/mol. The van der Waals surface area contributed by atoms with E-state index in [0.717, 1.165) is 17.0 Å². The molecule has 3 heteroatoms. The molecule has 62 valence electrons. The van der Waals surface area contributed by atoms with Crippen molar-refractivity contribution in [3.05, 3.63) is 28.2 Å². The molecule has 1 nitrogen and oxygen atoms in total. The van der Waals surface area contributed by atoms with Crippen LogP contribution >= 0.6 is 22.9 Å². The fraction of sp³-hybridized carbons (Fsp3) is 0.222. The molecule has 0 bridgehead atoms. The van der Waals surface area contributed by atoms with E-state index in [9.17, 15) is 0 Å². The van der Waals surface area contributed by atoms with E-state index in [2.05, 4.69) is 11.9 Å². The lowest BCUT2D eigenvalue weighted by Gasteiger charge is -1.86. The van der Waals surface area contributed by atoms with Crippen LogP contribution in [0, 0.1) is 0 Å². The molecule has 0 fully saturated rings. The second-order valence-electron chi connectivity index (χ2n) is 2.57. The number of nitrogens with zero attached hydrogens (tertiary/aromatic N) is 1. The molecule has 0 aliphatic rings. The van der Waals surface area contributed by atoms with Crippen LogP contribution in [-0.4, -0.2) is 4.98 Å². The highest BCUT2D eigenvalue weighted by Crippen LogP contribution is 2.25. The van der Waals surface area contributed by atoms with Gasteiger partial charge >= 0.3 is 0 Å². The summed E-state index contributed by atoms with van der Waals surface area (Å²) in [7, 11) is 0. The molecule has 1 aromatic heterocycles. The Morgan fingerprint density at radius 3 is 3.08 bits per heavy atom. The number of aromatic nitrogens is 1. The van der Waals surface area contributed by atoms with Crippen LogP contribution < -0.4 is 0 Å². The van der Waals surface area contributed by atoms with Crippen molar-refractivity contribution in [2.24, 2.45) is 0 Å². The van der Waals surface area contributed by atoms with E-state index < -0.39 is 0 Å². The third-order valence-corrected chi connectivity index (χ3v) is 3.09. The molecular formula is C9H8ClNS. The van der Waals surface area contributed by atoms with Gasteiger partial charge in [0.15, 0.2) is 0 Å². The number of fused-ring (bicyclic) bond motifs is 1. The maximum Gasteiger partial charge on any atom is 0.0935 e. The molecule has 0 saturated heterocycles. The van der Waals surface area contributed by atoms with Gasteiger partial charge in [0.1, 0.15) is 0 Å². The van der Waals surface area contributed by atoms with E-state index in [1.165, 1.54) is 9.71 Å². The van der Waals surface area contributed by atoms with Gasteiger partial charge in [-0.1, -0.05) is 18.5 Å². The Morgan fingerprint density at radius 1 is 1.50 bits per heavy atom. The average Bonchev–Trinajstić information content (AvgIpc) is 2.46. The van der Waals surface area contributed by atoms with Crippen molar-refractivity contribution >= 4 is 33.2 Å². The standard InChI is InChI=1S/C9H8ClNS/c1-2-9-11-7-4-3-6(10)5-8(7)12-9/h3-5H,2H2,1H3. The first-order chi connectivity index (χ1) is 5.79. The normalized spacial score (nSPS) is 10.8. The molecule has 0 saturated carbocycles. The molecule has 0 unspecified atom stereocenters. The summed E-state index contributed by atoms with van der Waals surface area (Å²) >= 11 is 7.57. The van der Waals surface area contributed by atoms with Gasteiger partial charge in [0.2, 0.25) is 0 Å². The summed E-state index contributed by atoms with van der Waals surface area (Å²) in [5.74, 6) is 0. The summed E-state index contributed by atoms with van der Waals surface area (Å²) in [6.45, 7) is 2.11. The third-order valence-electron chi connectivity index (χ3n) is 1.70. The number of benzene rings is 1. The largest absolute Gasteiger partial charge is 0.241 e. The van der Waals surface area contributed by atoms with Crippen LogP contribution in [0.4, 0.5) is 0 Å². The molecule has 0 radical (unpaired) electrons. The van der Waals surface area contributed by atoms with E-state index in [-0.39, 0.29) is 0 Å². The molecule has 2 aromatic rings. The molecule has 0 atom stereocenters. The lowest BCUT2D eigenvalue weighted by molar-refractivity contribution is 1.11. The van der Waals surface area contributed by atoms with Crippen molar-refractivity contribution in [1.29, 1.82) is 0 Å². The van der Waals surface area contributed by atoms with Gasteiger partial charge in [0.25, 0.3) is 0 Å². The quantitative estimate of drug-likeness (QED) is 0.682. The number of hydrogen-bond donors (Lipinski definition) is 0. The van der Waals surface area contributed by atoms with Gasteiger partial charge in [-0.15, -0.1) is 11.3 Å². The zero-order chi connectivity index (χ0) is 8.55. The van der Waals surface area contributed by atoms with E-state index in [1.54, 1.807) is 11.3 Å². The van der Waals surface area contributed by atoms with Crippen LogP contribution in [0.3, 0.4) is 0 Å². The molecule has 2 rings (SSSR count). The SMILES string of the molecule is CCc1nc2ccc(Cl)cc2s1. The van der Waals surface area contributed by atoms with Gasteiger partial charge < -0.3 is 0 Å². The number of thiazole rings is 1. The summed E-state index contributed by atoms with van der Waals surface area (Å²) in [6.07, 6.45) is 0.997. The number of hydrogen-bond acceptors (Lipinski definition) is 2. The minimum absolute atomic E-state index is 0.786. The van der Waals surface area contributed by atoms with E-state index in [0.29, 0.717) is 0 Å². The van der Waals surface area contributed by atoms with Crippen molar-refractivity contribution in [3.63, 3.8) is 0 Å². The molecule has 0 amide bonds. The van der Waals surface area contributed by atoms with Gasteiger partial charge in [-0.05, 0) is 24.6 Å². The molecular weight excluding hydrogens is 190 g/mol. The maximum absolute atomic E-state index is 5.85. The highest BCUT2D eigenvalue weighted by molar-refractivity contribution is 7.18. The van der Waals surface area contributed by atoms with E-state index >= 15 is 0 Å². The first-order valence-corrected chi connectivity index (χ1v) is 5.04. The minimum atomic E-state index is 0.786. The molecule has 1 aromatic carbocycles. The molecule has 0 aliphatic heterocycles. The second-order valence-corrected chi connectivity index (χ2v) is 4.12. The first kappa shape index (κ1) is 8.02. The zero-order valence-electron chi connectivity index (χ0n) is 6.67. The Kier molecular flexibility index (Phi) is 2.03. The molecule has 12 heavy (non-hydrogen) atoms. The van der Waals surface area contributed by atoms with Crippen molar-refractivity contribution in [2.75, 3.05) is 0 Å². The lowest BCUT2D eigenvalue weighted by atomic mass is 10.3. The Bertz CT molecular complexity index is 408. The van der Waals surface area contributed by atoms with Crippen LogP contribution in [0.1, 0.15) is 11.9 Å². The summed E-state index contributed by atoms with van der Waals surface area (Å²) in [5.41, 5.74) is 1.06. The zero-order valence-corrected chi connectivity index (χ0v) is 8.25. The molecule has 1 heterocycles. The van der Waals surface area contributed by atoms with Crippen molar-refractivity contribution in [3.8, 4) is 0 Å². The van der Waals surface area contributed by atoms with Crippen molar-refractivity contribution < 1.29 is 0 Å². The highest BCUT2D eigenvalue weighted by Gasteiger charge is 2.01. The van der Waals surface area contributed by atoms with Gasteiger partial charge in [0, 0.05) is 5.02 Å². The monoisotopic (exact) mass is 197 g/mol. The van der Waals surface area contributed by atoms with Gasteiger partial charge in [0.05, 0.1) is 15.2 Å². The van der Waals surface area contributed by atoms with Gasteiger partial charge in [-0.2, -0.15) is 0 Å². The number of rotatable bonds is 1. The van der Waals surface area contributed by atoms with E-state index in [1.807, 2.05) is 18.2 Å². The predicted octanol–water partition coefficient (Wildman–Crippen LogP) is 3.51. The number of halogens is 1. The maximum atomic E-state index is 5.85. The lowest BCUT2D eigenvalue weighted by Crippen LogP contribution is -1.73. The molecule has 0 spiro atoms. The highest BCUT2D eigenvalue weighted by atomic mass is 35.5. The third kappa shape index (κ3) is 1.32. The van der Waals surface area contributed by atoms with Gasteiger partial charge in [-0.25, -0.2) is 4.98 Å². The summed E-state index contributed by atoms with van der Waals surface area (Å²) < 4.78 is 1.18. The summed E-state index contributed by atoms with van der Waals surface area (Å²) in [5, 5.41) is 1.96. The van der Waals surface area contributed by atoms with Crippen molar-refractivity contribution in [1.82, 2.24) is 4.98 Å². The summed E-state index contributed by atoms with van der Waals surface area (Å²) in [4.78, 5) is 4.43. The Morgan fingerprint density at radius 2 is 2.33 bits per heavy atom. The number of aryl methyl sites for hydroxylation is 1. The van der Waals surface area contributed by atoms with Crippen LogP contribution in [0.25, 0.3) is 10.2 Å². The van der Waals surface area contributed by atoms with Crippen LogP contribution in [0.15, 0.2) is 18.2 Å². The first-order valence-electron chi connectivity index (χ1n) is 3.84. The predicted molar refractivity (Wildman–Crippen MR) is 54.0 cm³/mol. The van der Waals surface area contributed by atoms with Crippen LogP contribution in [0.5, 0.6) is 0 Å². The Balaban J connectivity index is 2.67. The Labute approximate surface area is 80.0 Å².